The van der Waals surface area contributed by atoms with Gasteiger partial charge in [0.05, 0.1) is 34.8 Å². The normalized spacial score (nSPS) is 36.1. The number of phenols is 11. The van der Waals surface area contributed by atoms with Gasteiger partial charge in [0.15, 0.2) is 64.0 Å². The van der Waals surface area contributed by atoms with Crippen molar-refractivity contribution in [3.05, 3.63) is 58.1 Å². The molecule has 9 bridgehead atoms. The van der Waals surface area contributed by atoms with Gasteiger partial charge in [0.2, 0.25) is 47.0 Å². The summed E-state index contributed by atoms with van der Waals surface area (Å²) in [6, 6.07) is 2.36. The molecule has 7 heterocycles. The van der Waals surface area contributed by atoms with Gasteiger partial charge in [-0.05, 0) is 30.3 Å². The molecule has 1 saturated carbocycles. The molecule has 31 nitrogen and oxygen atoms in total. The first-order valence-corrected chi connectivity index (χ1v) is 22.4. The molecule has 5 fully saturated rings. The Balaban J connectivity index is 1.11. The zero-order chi connectivity index (χ0) is 55.3. The van der Waals surface area contributed by atoms with Gasteiger partial charge in [-0.25, -0.2) is 19.2 Å². The van der Waals surface area contributed by atoms with E-state index < -0.39 is 241 Å². The lowest BCUT2D eigenvalue weighted by atomic mass is 9.53. The Labute approximate surface area is 423 Å². The Hall–Kier alpha value is -8.53. The second kappa shape index (κ2) is 15.5. The van der Waals surface area contributed by atoms with Gasteiger partial charge in [-0.15, -0.1) is 0 Å². The Bertz CT molecular complexity index is 3370. The van der Waals surface area contributed by atoms with Crippen LogP contribution in [0, 0.1) is 5.41 Å². The van der Waals surface area contributed by atoms with Crippen LogP contribution < -0.4 is 4.74 Å². The molecule has 16 N–H and O–H groups in total. The van der Waals surface area contributed by atoms with Crippen LogP contribution in [0.4, 0.5) is 0 Å². The molecule has 4 saturated heterocycles. The van der Waals surface area contributed by atoms with Crippen molar-refractivity contribution in [2.75, 3.05) is 13.2 Å². The van der Waals surface area contributed by atoms with Gasteiger partial charge in [-0.3, -0.25) is 4.79 Å². The predicted molar refractivity (Wildman–Crippen MR) is 228 cm³/mol. The molecule has 2 spiro atoms. The van der Waals surface area contributed by atoms with E-state index in [2.05, 4.69) is 0 Å². The number of benzene rings is 4. The summed E-state index contributed by atoms with van der Waals surface area (Å²) in [4.78, 5) is 74.4. The van der Waals surface area contributed by atoms with Crippen LogP contribution in [-0.2, 0) is 47.4 Å². The molecule has 8 aliphatic rings. The van der Waals surface area contributed by atoms with Crippen LogP contribution in [-0.4, -0.2) is 197 Å². The number of aliphatic hydroxyl groups is 5. The van der Waals surface area contributed by atoms with Crippen molar-refractivity contribution < 1.29 is 153 Å². The van der Waals surface area contributed by atoms with E-state index in [1.165, 1.54) is 0 Å². The number of fused-ring (bicyclic) bond motifs is 6. The topological polar surface area (TPSA) is 501 Å². The molecule has 7 aliphatic heterocycles. The zero-order valence-electron chi connectivity index (χ0n) is 38.0. The van der Waals surface area contributed by atoms with E-state index in [-0.39, 0.29) is 0 Å². The highest BCUT2D eigenvalue weighted by molar-refractivity contribution is 6.08. The average Bonchev–Trinajstić information content (AvgIpc) is 2.33. The van der Waals surface area contributed by atoms with Crippen molar-refractivity contribution in [3.8, 4) is 80.1 Å². The summed E-state index contributed by atoms with van der Waals surface area (Å²) in [5.74, 6) is -41.2. The van der Waals surface area contributed by atoms with Gasteiger partial charge in [-0.2, -0.15) is 0 Å². The molecule has 14 atom stereocenters. The summed E-state index contributed by atoms with van der Waals surface area (Å²) in [6.45, 7) is -2.24. The van der Waals surface area contributed by atoms with Crippen molar-refractivity contribution in [1.29, 1.82) is 0 Å². The number of hydrogen-bond donors (Lipinski definition) is 16. The molecule has 4 aromatic carbocycles. The van der Waals surface area contributed by atoms with Gasteiger partial charge in [0.25, 0.3) is 0 Å². The highest BCUT2D eigenvalue weighted by atomic mass is 16.9. The minimum absolute atomic E-state index is 0.357. The fourth-order valence-corrected chi connectivity index (χ4v) is 11.6. The van der Waals surface area contributed by atoms with Crippen LogP contribution in [0.5, 0.6) is 69.0 Å². The highest BCUT2D eigenvalue weighted by Gasteiger charge is 2.95. The second-order valence-electron chi connectivity index (χ2n) is 19.1. The Morgan fingerprint density at radius 1 is 0.623 bits per heavy atom. The molecule has 4 aromatic rings. The maximum Gasteiger partial charge on any atom is 0.340 e. The number of hydrogen-bond acceptors (Lipinski definition) is 31. The van der Waals surface area contributed by atoms with Crippen LogP contribution in [0.3, 0.4) is 0 Å². The van der Waals surface area contributed by atoms with Crippen molar-refractivity contribution in [2.24, 2.45) is 5.41 Å². The van der Waals surface area contributed by atoms with Gasteiger partial charge in [0, 0.05) is 23.1 Å². The van der Waals surface area contributed by atoms with Crippen LogP contribution in [0.1, 0.15) is 59.3 Å². The van der Waals surface area contributed by atoms with E-state index in [1.54, 1.807) is 0 Å². The van der Waals surface area contributed by atoms with Crippen LogP contribution in [0.15, 0.2) is 30.3 Å². The van der Waals surface area contributed by atoms with Crippen LogP contribution >= 0.6 is 0 Å². The molecule has 0 aromatic heterocycles. The Kier molecular flexibility index (Phi) is 9.96. The molecule has 0 radical (unpaired) electrons. The summed E-state index contributed by atoms with van der Waals surface area (Å²) in [5, 5.41) is 179. The van der Waals surface area contributed by atoms with E-state index in [9.17, 15) is 96.1 Å². The first kappa shape index (κ1) is 49.4. The van der Waals surface area contributed by atoms with Crippen molar-refractivity contribution in [2.45, 2.75) is 84.5 Å². The van der Waals surface area contributed by atoms with E-state index in [0.717, 1.165) is 0 Å². The summed E-state index contributed by atoms with van der Waals surface area (Å²) in [7, 11) is 0. The van der Waals surface area contributed by atoms with E-state index in [4.69, 9.17) is 47.4 Å². The van der Waals surface area contributed by atoms with Gasteiger partial charge in [0.1, 0.15) is 36.4 Å². The Morgan fingerprint density at radius 2 is 1.18 bits per heavy atom. The number of carbonyl (C=O) groups excluding carboxylic acids is 5. The predicted octanol–water partition coefficient (Wildman–Crippen LogP) is -2.65. The first-order valence-electron chi connectivity index (χ1n) is 22.4. The fraction of sp³-hybridized carbons (Fsp3) is 0.370. The summed E-state index contributed by atoms with van der Waals surface area (Å²) in [5.41, 5.74) is -10.4. The standard InChI is InChI=1S/C46H36O31/c47-13-1-9(2-14(48)23(13)53)35(60)74-39-32-31-29(19(70-39)7-68-36(61)10-3-15(49)24(54)27(57)20(10)21-11(37(62)71-31)4-16(50)25(55)28(21)58)73-41(64)42-8-43(65)46(67)45(66,76-40(42)44(77-43)34(59)18(52)6-69-44)33(42)22-12(38(63)72-32)5-17(51)26(56)30(22)75-46/h1-5,18-19,29,31-34,39-40,47-59,65-67H,6-8H2/t18?,19-,29-,31+,32-,33?,34-,39+,40?,42-,43-,44+,45?,46?/m1/s1. The molecular formula is C46H36O31. The van der Waals surface area contributed by atoms with Crippen molar-refractivity contribution >= 4 is 29.8 Å². The van der Waals surface area contributed by atoms with Gasteiger partial charge >= 0.3 is 35.6 Å². The maximum absolute atomic E-state index is 15.9. The number of aliphatic hydroxyl groups excluding tert-OH is 2. The zero-order valence-corrected chi connectivity index (χ0v) is 38.0. The lowest BCUT2D eigenvalue weighted by Crippen LogP contribution is -2.83. The molecule has 77 heavy (non-hydrogen) atoms. The quantitative estimate of drug-likeness (QED) is 0.0554. The second-order valence-corrected chi connectivity index (χ2v) is 19.1. The van der Waals surface area contributed by atoms with Crippen molar-refractivity contribution in [1.82, 2.24) is 0 Å². The molecule has 5 unspecified atom stereocenters. The summed E-state index contributed by atoms with van der Waals surface area (Å²) in [6.07, 6.45) is -21.0. The third-order valence-electron chi connectivity index (χ3n) is 15.0. The van der Waals surface area contributed by atoms with Gasteiger partial charge in [-0.1, -0.05) is 0 Å². The molecule has 31 heteroatoms. The number of rotatable bonds is 2. The third-order valence-corrected chi connectivity index (χ3v) is 15.0. The monoisotopic (exact) mass is 1080 g/mol. The first-order chi connectivity index (χ1) is 36.1. The number of esters is 5. The van der Waals surface area contributed by atoms with E-state index in [0.29, 0.717) is 30.3 Å². The minimum atomic E-state index is -3.81. The van der Waals surface area contributed by atoms with Crippen LogP contribution in [0.25, 0.3) is 11.1 Å². The van der Waals surface area contributed by atoms with Crippen LogP contribution in [0.2, 0.25) is 0 Å². The lowest BCUT2D eigenvalue weighted by molar-refractivity contribution is -0.490. The van der Waals surface area contributed by atoms with E-state index in [1.807, 2.05) is 0 Å². The number of aromatic hydroxyl groups is 11. The largest absolute Gasteiger partial charge is 0.504 e. The van der Waals surface area contributed by atoms with Gasteiger partial charge < -0.3 is 129 Å². The molecule has 0 amide bonds. The number of cyclic esters (lactones) is 1. The minimum Gasteiger partial charge on any atom is -0.504 e. The maximum atomic E-state index is 15.9. The van der Waals surface area contributed by atoms with E-state index >= 15 is 9.59 Å². The molecular weight excluding hydrogens is 1050 g/mol. The third kappa shape index (κ3) is 6.06. The SMILES string of the molecule is O=C(O[C@@H]1O[C@@H]2COC(=O)c3cc(O)c(O)c(O)c3-c3c(cc(O)c(O)c3O)C(=O)O[C@@H]3[C@H]1OC(=O)c1cc(O)c(O)c4c1C1C5(O)OC6[C@]1(C[C@@](O)(O[C@]61OCC(O)[C@H]1O)C5(O)O4)C(=O)O[C@@H]32)c1cc(O)c(O)c(O)c1. The summed E-state index contributed by atoms with van der Waals surface area (Å²) < 4.78 is 58.2. The van der Waals surface area contributed by atoms with Crippen molar-refractivity contribution in [3.63, 3.8) is 0 Å². The number of phenolic OH excluding ortho intramolecular Hbond substituents is 11. The summed E-state index contributed by atoms with van der Waals surface area (Å²) >= 11 is 0. The molecule has 12 rings (SSSR count). The molecule has 1 aliphatic carbocycles. The Morgan fingerprint density at radius 3 is 1.79 bits per heavy atom. The highest BCUT2D eigenvalue weighted by Crippen LogP contribution is 2.77. The molecule has 406 valence electrons. The smallest absolute Gasteiger partial charge is 0.340 e. The number of carbonyl (C=O) groups is 5. The lowest BCUT2D eigenvalue weighted by Gasteiger charge is -2.62. The number of ether oxygens (including phenoxy) is 10. The average molecular weight is 1080 g/mol. The fourth-order valence-electron chi connectivity index (χ4n) is 11.6.